The highest BCUT2D eigenvalue weighted by molar-refractivity contribution is 6.06. The first-order valence-corrected chi connectivity index (χ1v) is 21.9. The molecular weight excluding hydrogens is 813 g/mol. The predicted molar refractivity (Wildman–Crippen MR) is 258 cm³/mol. The zero-order valence-corrected chi connectivity index (χ0v) is 36.6. The molecule has 9 aromatic carbocycles. The van der Waals surface area contributed by atoms with Crippen LogP contribution in [0, 0.1) is 20.8 Å². The van der Waals surface area contributed by atoms with Crippen molar-refractivity contribution in [1.29, 1.82) is 0 Å². The smallest absolute Gasteiger partial charge is 0.343 e. The van der Waals surface area contributed by atoms with Crippen molar-refractivity contribution in [2.45, 2.75) is 33.6 Å². The van der Waals surface area contributed by atoms with E-state index >= 15 is 0 Å². The first-order valence-electron chi connectivity index (χ1n) is 21.9. The van der Waals surface area contributed by atoms with Gasteiger partial charge in [0.05, 0.1) is 37.6 Å². The van der Waals surface area contributed by atoms with Crippen molar-refractivity contribution in [3.8, 4) is 34.5 Å². The van der Waals surface area contributed by atoms with Crippen molar-refractivity contribution in [3.63, 3.8) is 0 Å². The van der Waals surface area contributed by atoms with E-state index in [4.69, 9.17) is 28.4 Å². The summed E-state index contributed by atoms with van der Waals surface area (Å²) in [4.78, 5) is 26.1. The Morgan fingerprint density at radius 3 is 1.48 bits per heavy atom. The second-order valence-corrected chi connectivity index (χ2v) is 16.2. The van der Waals surface area contributed by atoms with E-state index in [-0.39, 0.29) is 0 Å². The summed E-state index contributed by atoms with van der Waals surface area (Å²) in [6, 6.07) is 52.3. The molecule has 8 nitrogen and oxygen atoms in total. The third kappa shape index (κ3) is 9.87. The van der Waals surface area contributed by atoms with Crippen LogP contribution < -0.4 is 28.4 Å². The molecule has 0 unspecified atom stereocenters. The van der Waals surface area contributed by atoms with Crippen molar-refractivity contribution in [3.05, 3.63) is 192 Å². The lowest BCUT2D eigenvalue weighted by Crippen LogP contribution is -2.11. The van der Waals surface area contributed by atoms with Crippen molar-refractivity contribution in [1.82, 2.24) is 0 Å². The van der Waals surface area contributed by atoms with Gasteiger partial charge in [0.15, 0.2) is 0 Å². The topological polar surface area (TPSA) is 89.5 Å². The molecule has 0 bridgehead atoms. The van der Waals surface area contributed by atoms with Gasteiger partial charge in [-0.1, -0.05) is 90.0 Å². The van der Waals surface area contributed by atoms with Crippen LogP contribution >= 0.6 is 0 Å². The van der Waals surface area contributed by atoms with E-state index in [0.29, 0.717) is 79.0 Å². The van der Waals surface area contributed by atoms with Gasteiger partial charge in [-0.05, 0) is 133 Å². The molecule has 0 N–H and O–H groups in total. The van der Waals surface area contributed by atoms with Crippen LogP contribution in [0.1, 0.15) is 50.2 Å². The zero-order chi connectivity index (χ0) is 44.7. The number of hydrogen-bond donors (Lipinski definition) is 0. The van der Waals surface area contributed by atoms with Gasteiger partial charge in [-0.15, -0.1) is 0 Å². The van der Waals surface area contributed by atoms with E-state index in [1.807, 2.05) is 24.3 Å². The van der Waals surface area contributed by atoms with Crippen LogP contribution in [0.3, 0.4) is 0 Å². The highest BCUT2D eigenvalue weighted by Crippen LogP contribution is 2.37. The minimum Gasteiger partial charge on any atom is -0.493 e. The van der Waals surface area contributed by atoms with Crippen LogP contribution in [-0.4, -0.2) is 38.4 Å². The summed E-state index contributed by atoms with van der Waals surface area (Å²) < 4.78 is 36.0. The first kappa shape index (κ1) is 42.5. The van der Waals surface area contributed by atoms with Gasteiger partial charge in [-0.25, -0.2) is 9.59 Å². The van der Waals surface area contributed by atoms with Crippen molar-refractivity contribution in [2.24, 2.45) is 0 Å². The predicted octanol–water partition coefficient (Wildman–Crippen LogP) is 13.4. The summed E-state index contributed by atoms with van der Waals surface area (Å²) in [6.07, 6.45) is 1.35. The summed E-state index contributed by atoms with van der Waals surface area (Å²) in [5, 5.41) is 8.95. The van der Waals surface area contributed by atoms with E-state index < -0.39 is 11.9 Å². The second kappa shape index (κ2) is 19.3. The normalized spacial score (nSPS) is 11.2. The molecule has 0 atom stereocenters. The van der Waals surface area contributed by atoms with Gasteiger partial charge in [-0.3, -0.25) is 0 Å². The van der Waals surface area contributed by atoms with Gasteiger partial charge in [0.2, 0.25) is 0 Å². The quantitative estimate of drug-likeness (QED) is 0.0411. The fraction of sp³-hybridized carbons (Fsp3) is 0.158. The Morgan fingerprint density at radius 1 is 0.385 bits per heavy atom. The van der Waals surface area contributed by atoms with Crippen LogP contribution in [0.5, 0.6) is 34.5 Å². The standard InChI is InChI=1S/C57H48O8/c1-37-15-26-51-45(32-37)36-44-16-14-38(2)33-52(44)55(51)63-31-9-29-61-46-21-17-40(18-22-46)56(58)64-48-25-27-53(39(3)34-48)65-57(59)41-19-23-47(24-20-41)60-28-8-30-62-54-49-12-6-4-10-42(49)35-43-11-5-7-13-50(43)54/h4-7,10-27,32-36H,8-9,28-31H2,1-3H3. The molecule has 324 valence electrons. The molecular formula is C57H48O8. The molecule has 0 spiro atoms. The van der Waals surface area contributed by atoms with E-state index in [1.54, 1.807) is 73.7 Å². The van der Waals surface area contributed by atoms with E-state index in [1.165, 1.54) is 11.1 Å². The maximum absolute atomic E-state index is 13.1. The number of ether oxygens (including phenoxy) is 6. The second-order valence-electron chi connectivity index (χ2n) is 16.2. The Balaban J connectivity index is 0.713. The summed E-state index contributed by atoms with van der Waals surface area (Å²) in [5.74, 6) is 2.70. The van der Waals surface area contributed by atoms with Gasteiger partial charge in [0.25, 0.3) is 0 Å². The number of hydrogen-bond acceptors (Lipinski definition) is 8. The number of aryl methyl sites for hydroxylation is 3. The average Bonchev–Trinajstić information content (AvgIpc) is 3.32. The number of fused-ring (bicyclic) bond motifs is 4. The minimum absolute atomic E-state index is 0.328. The SMILES string of the molecule is Cc1ccc2c(OCCCOc3ccc(C(=O)Oc4ccc(OC(=O)c5ccc(OCCCOc6c7ccccc7cc7ccccc67)cc5)c(C)c4)cc3)c3cc(C)ccc3cc2c1. The third-order valence-corrected chi connectivity index (χ3v) is 11.3. The Morgan fingerprint density at radius 2 is 0.862 bits per heavy atom. The number of esters is 2. The Kier molecular flexibility index (Phi) is 12.6. The fourth-order valence-electron chi connectivity index (χ4n) is 7.94. The van der Waals surface area contributed by atoms with Gasteiger partial charge in [-0.2, -0.15) is 0 Å². The van der Waals surface area contributed by atoms with E-state index in [2.05, 4.69) is 86.6 Å². The average molecular weight is 861 g/mol. The molecule has 8 heteroatoms. The number of carbonyl (C=O) groups is 2. The first-order chi connectivity index (χ1) is 31.8. The maximum atomic E-state index is 13.1. The lowest BCUT2D eigenvalue weighted by molar-refractivity contribution is 0.0718. The van der Waals surface area contributed by atoms with Crippen molar-refractivity contribution >= 4 is 55.0 Å². The van der Waals surface area contributed by atoms with Gasteiger partial charge < -0.3 is 28.4 Å². The van der Waals surface area contributed by atoms with Crippen LogP contribution in [0.25, 0.3) is 43.1 Å². The molecule has 0 aliphatic carbocycles. The molecule has 0 aliphatic rings. The van der Waals surface area contributed by atoms with E-state index in [0.717, 1.165) is 54.6 Å². The van der Waals surface area contributed by atoms with Gasteiger partial charge >= 0.3 is 11.9 Å². The number of carbonyl (C=O) groups excluding carboxylic acids is 2. The van der Waals surface area contributed by atoms with Crippen LogP contribution in [0.2, 0.25) is 0 Å². The Bertz CT molecular complexity index is 3120. The summed E-state index contributed by atoms with van der Waals surface area (Å²) in [6.45, 7) is 7.85. The highest BCUT2D eigenvalue weighted by atomic mass is 16.5. The Labute approximate surface area is 377 Å². The number of rotatable bonds is 16. The molecule has 0 aliphatic heterocycles. The minimum atomic E-state index is -0.518. The summed E-state index contributed by atoms with van der Waals surface area (Å²) >= 11 is 0. The molecule has 0 amide bonds. The zero-order valence-electron chi connectivity index (χ0n) is 36.6. The highest BCUT2D eigenvalue weighted by Gasteiger charge is 2.15. The largest absolute Gasteiger partial charge is 0.493 e. The number of benzene rings is 9. The lowest BCUT2D eigenvalue weighted by Gasteiger charge is -2.14. The fourth-order valence-corrected chi connectivity index (χ4v) is 7.94. The monoisotopic (exact) mass is 860 g/mol. The van der Waals surface area contributed by atoms with Gasteiger partial charge in [0, 0.05) is 34.4 Å². The van der Waals surface area contributed by atoms with Crippen LogP contribution in [0.4, 0.5) is 0 Å². The molecule has 65 heavy (non-hydrogen) atoms. The molecule has 0 radical (unpaired) electrons. The van der Waals surface area contributed by atoms with E-state index in [9.17, 15) is 9.59 Å². The van der Waals surface area contributed by atoms with Crippen molar-refractivity contribution in [2.75, 3.05) is 26.4 Å². The molecule has 9 aromatic rings. The molecule has 0 aromatic heterocycles. The molecule has 0 saturated heterocycles. The lowest BCUT2D eigenvalue weighted by atomic mass is 9.99. The summed E-state index contributed by atoms with van der Waals surface area (Å²) in [7, 11) is 0. The Hall–Kier alpha value is -7.84. The molecule has 0 heterocycles. The molecule has 0 fully saturated rings. The van der Waals surface area contributed by atoms with Crippen LogP contribution in [-0.2, 0) is 0 Å². The molecule has 9 rings (SSSR count). The van der Waals surface area contributed by atoms with Gasteiger partial charge in [0.1, 0.15) is 34.5 Å². The maximum Gasteiger partial charge on any atom is 0.343 e. The molecule has 0 saturated carbocycles. The summed E-state index contributed by atoms with van der Waals surface area (Å²) in [5.41, 5.74) is 3.77. The van der Waals surface area contributed by atoms with Crippen LogP contribution in [0.15, 0.2) is 164 Å². The third-order valence-electron chi connectivity index (χ3n) is 11.3. The van der Waals surface area contributed by atoms with Crippen molar-refractivity contribution < 1.29 is 38.0 Å².